The Bertz CT molecular complexity index is 593. The van der Waals surface area contributed by atoms with E-state index in [-0.39, 0.29) is 12.0 Å². The molecule has 5 nitrogen and oxygen atoms in total. The molecule has 144 valence electrons. The van der Waals surface area contributed by atoms with Crippen molar-refractivity contribution in [3.8, 4) is 5.75 Å². The fourth-order valence-corrected chi connectivity index (χ4v) is 3.68. The maximum Gasteiger partial charge on any atom is 0.222 e. The molecule has 0 aromatic heterocycles. The number of hydrogen-bond acceptors (Lipinski definition) is 4. The minimum atomic E-state index is 0.140. The van der Waals surface area contributed by atoms with Gasteiger partial charge in [-0.25, -0.2) is 0 Å². The Kier molecular flexibility index (Phi) is 6.54. The molecule has 1 atom stereocenters. The van der Waals surface area contributed by atoms with Gasteiger partial charge in [0, 0.05) is 38.6 Å². The molecule has 2 saturated heterocycles. The van der Waals surface area contributed by atoms with Crippen LogP contribution in [-0.2, 0) is 11.2 Å². The smallest absolute Gasteiger partial charge is 0.222 e. The van der Waals surface area contributed by atoms with E-state index >= 15 is 0 Å². The Morgan fingerprint density at radius 1 is 1.23 bits per heavy atom. The van der Waals surface area contributed by atoms with E-state index in [0.29, 0.717) is 12.5 Å². The van der Waals surface area contributed by atoms with Gasteiger partial charge in [0.1, 0.15) is 11.9 Å². The van der Waals surface area contributed by atoms with E-state index in [9.17, 15) is 4.79 Å². The van der Waals surface area contributed by atoms with Crippen LogP contribution in [0, 0.1) is 0 Å². The van der Waals surface area contributed by atoms with Gasteiger partial charge in [0.05, 0.1) is 13.1 Å². The lowest BCUT2D eigenvalue weighted by atomic mass is 10.1. The van der Waals surface area contributed by atoms with Crippen LogP contribution in [0.2, 0.25) is 0 Å². The van der Waals surface area contributed by atoms with Gasteiger partial charge in [-0.2, -0.15) is 0 Å². The first-order valence-electron chi connectivity index (χ1n) is 10.0. The highest BCUT2D eigenvalue weighted by Gasteiger charge is 2.32. The van der Waals surface area contributed by atoms with Gasteiger partial charge in [-0.1, -0.05) is 19.1 Å². The van der Waals surface area contributed by atoms with Crippen LogP contribution in [0.15, 0.2) is 24.3 Å². The number of aryl methyl sites for hydroxylation is 1. The number of ether oxygens (including phenoxy) is 1. The fraction of sp³-hybridized carbons (Fsp3) is 0.667. The molecule has 0 N–H and O–H groups in total. The summed E-state index contributed by atoms with van der Waals surface area (Å²) in [5.41, 5.74) is 1.28. The maximum absolute atomic E-state index is 12.4. The van der Waals surface area contributed by atoms with E-state index in [1.165, 1.54) is 5.56 Å². The number of rotatable bonds is 7. The quantitative estimate of drug-likeness (QED) is 0.748. The highest BCUT2D eigenvalue weighted by molar-refractivity contribution is 5.77. The Morgan fingerprint density at radius 3 is 2.65 bits per heavy atom. The second kappa shape index (κ2) is 8.87. The third-order valence-electron chi connectivity index (χ3n) is 5.75. The second-order valence-corrected chi connectivity index (χ2v) is 7.77. The van der Waals surface area contributed by atoms with Crippen molar-refractivity contribution >= 4 is 5.91 Å². The number of carbonyl (C=O) groups excluding carboxylic acids is 1. The van der Waals surface area contributed by atoms with Crippen LogP contribution >= 0.6 is 0 Å². The van der Waals surface area contributed by atoms with Gasteiger partial charge in [-0.05, 0) is 44.5 Å². The zero-order chi connectivity index (χ0) is 18.5. The zero-order valence-electron chi connectivity index (χ0n) is 16.5. The van der Waals surface area contributed by atoms with Crippen molar-refractivity contribution in [2.75, 3.05) is 46.3 Å². The molecule has 3 rings (SSSR count). The highest BCUT2D eigenvalue weighted by atomic mass is 16.5. The summed E-state index contributed by atoms with van der Waals surface area (Å²) in [7, 11) is 2.17. The van der Waals surface area contributed by atoms with E-state index in [1.807, 2.05) is 17.0 Å². The van der Waals surface area contributed by atoms with Gasteiger partial charge in [-0.15, -0.1) is 0 Å². The molecule has 2 heterocycles. The van der Waals surface area contributed by atoms with Crippen LogP contribution in [0.5, 0.6) is 5.75 Å². The zero-order valence-corrected chi connectivity index (χ0v) is 16.5. The normalized spacial score (nSPS) is 20.7. The second-order valence-electron chi connectivity index (χ2n) is 7.77. The van der Waals surface area contributed by atoms with Gasteiger partial charge >= 0.3 is 0 Å². The molecule has 0 saturated carbocycles. The molecule has 0 bridgehead atoms. The van der Waals surface area contributed by atoms with E-state index < -0.39 is 0 Å². The molecule has 1 amide bonds. The van der Waals surface area contributed by atoms with Crippen molar-refractivity contribution in [2.45, 2.75) is 45.3 Å². The summed E-state index contributed by atoms with van der Waals surface area (Å²) in [5.74, 6) is 1.19. The number of benzene rings is 1. The van der Waals surface area contributed by atoms with Gasteiger partial charge in [0.15, 0.2) is 0 Å². The van der Waals surface area contributed by atoms with Crippen LogP contribution in [0.3, 0.4) is 0 Å². The number of amides is 1. The summed E-state index contributed by atoms with van der Waals surface area (Å²) in [5, 5.41) is 0. The molecule has 1 aromatic carbocycles. The summed E-state index contributed by atoms with van der Waals surface area (Å²) in [6, 6.07) is 8.74. The van der Waals surface area contributed by atoms with Crippen molar-refractivity contribution in [1.82, 2.24) is 14.7 Å². The monoisotopic (exact) mass is 359 g/mol. The fourth-order valence-electron chi connectivity index (χ4n) is 3.68. The minimum absolute atomic E-state index is 0.140. The number of likely N-dealkylation sites (tertiary alicyclic amines) is 1. The van der Waals surface area contributed by atoms with Gasteiger partial charge < -0.3 is 14.5 Å². The first-order chi connectivity index (χ1) is 12.5. The van der Waals surface area contributed by atoms with E-state index in [4.69, 9.17) is 4.74 Å². The van der Waals surface area contributed by atoms with Crippen molar-refractivity contribution < 1.29 is 9.53 Å². The minimum Gasteiger partial charge on any atom is -0.487 e. The number of nitrogens with zero attached hydrogens (tertiary/aromatic N) is 3. The number of hydrogen-bond donors (Lipinski definition) is 0. The van der Waals surface area contributed by atoms with Crippen molar-refractivity contribution in [2.24, 2.45) is 0 Å². The van der Waals surface area contributed by atoms with Crippen molar-refractivity contribution in [1.29, 1.82) is 0 Å². The third kappa shape index (κ3) is 4.98. The molecular formula is C21H33N3O2. The molecule has 1 unspecified atom stereocenters. The molecule has 5 heteroatoms. The number of piperazine rings is 1. The van der Waals surface area contributed by atoms with Crippen LogP contribution in [-0.4, -0.2) is 79.1 Å². The Morgan fingerprint density at radius 2 is 1.96 bits per heavy atom. The Hall–Kier alpha value is -1.59. The van der Waals surface area contributed by atoms with Crippen LogP contribution in [0.4, 0.5) is 0 Å². The first-order valence-corrected chi connectivity index (χ1v) is 10.0. The van der Waals surface area contributed by atoms with Gasteiger partial charge in [-0.3, -0.25) is 9.69 Å². The first kappa shape index (κ1) is 19.2. The molecule has 1 aromatic rings. The molecule has 0 radical (unpaired) electrons. The summed E-state index contributed by atoms with van der Waals surface area (Å²) in [6.07, 6.45) is 2.74. The molecule has 2 aliphatic rings. The third-order valence-corrected chi connectivity index (χ3v) is 5.75. The summed E-state index contributed by atoms with van der Waals surface area (Å²) in [4.78, 5) is 19.2. The lowest BCUT2D eigenvalue weighted by Crippen LogP contribution is -2.56. The molecule has 2 aliphatic heterocycles. The molecule has 2 fully saturated rings. The van der Waals surface area contributed by atoms with Gasteiger partial charge in [0.25, 0.3) is 0 Å². The SMILES string of the molecule is CCc1cccc(OC2CN(C(=O)CCC(C)N3CCN(C)CC3)C2)c1. The standard InChI is InChI=1S/C21H33N3O2/c1-4-18-6-5-7-19(14-18)26-20-15-24(16-20)21(25)9-8-17(2)23-12-10-22(3)11-13-23/h5-7,14,17,20H,4,8-13,15-16H2,1-3H3. The van der Waals surface area contributed by atoms with Crippen LogP contribution in [0.1, 0.15) is 32.3 Å². The molecule has 0 aliphatic carbocycles. The van der Waals surface area contributed by atoms with E-state index in [0.717, 1.165) is 57.9 Å². The Labute approximate surface area is 157 Å². The topological polar surface area (TPSA) is 36.0 Å². The van der Waals surface area contributed by atoms with E-state index in [2.05, 4.69) is 42.8 Å². The maximum atomic E-state index is 12.4. The van der Waals surface area contributed by atoms with Gasteiger partial charge in [0.2, 0.25) is 5.91 Å². The highest BCUT2D eigenvalue weighted by Crippen LogP contribution is 2.21. The summed E-state index contributed by atoms with van der Waals surface area (Å²) >= 11 is 0. The lowest BCUT2D eigenvalue weighted by molar-refractivity contribution is -0.140. The molecule has 26 heavy (non-hydrogen) atoms. The summed E-state index contributed by atoms with van der Waals surface area (Å²) < 4.78 is 6.00. The van der Waals surface area contributed by atoms with Crippen molar-refractivity contribution in [3.05, 3.63) is 29.8 Å². The lowest BCUT2D eigenvalue weighted by Gasteiger charge is -2.40. The predicted octanol–water partition coefficient (Wildman–Crippen LogP) is 2.25. The molecular weight excluding hydrogens is 326 g/mol. The average molecular weight is 360 g/mol. The number of likely N-dealkylation sites (N-methyl/N-ethyl adjacent to an activating group) is 1. The van der Waals surface area contributed by atoms with Crippen molar-refractivity contribution in [3.63, 3.8) is 0 Å². The Balaban J connectivity index is 1.35. The van der Waals surface area contributed by atoms with E-state index in [1.54, 1.807) is 0 Å². The average Bonchev–Trinajstić information content (AvgIpc) is 2.63. The van der Waals surface area contributed by atoms with Crippen LogP contribution in [0.25, 0.3) is 0 Å². The summed E-state index contributed by atoms with van der Waals surface area (Å²) in [6.45, 7) is 10.3. The predicted molar refractivity (Wildman–Crippen MR) is 105 cm³/mol. The molecule has 0 spiro atoms. The van der Waals surface area contributed by atoms with Crippen LogP contribution < -0.4 is 4.74 Å². The largest absolute Gasteiger partial charge is 0.487 e. The number of carbonyl (C=O) groups is 1.